The summed E-state index contributed by atoms with van der Waals surface area (Å²) in [6.07, 6.45) is 6.49. The van der Waals surface area contributed by atoms with Crippen LogP contribution in [0, 0.1) is 23.7 Å². The molecule has 1 amide bonds. The molecule has 2 N–H and O–H groups in total. The van der Waals surface area contributed by atoms with Crippen molar-refractivity contribution >= 4 is 11.9 Å². The maximum Gasteiger partial charge on any atom is 0.307 e. The molecule has 106 valence electrons. The Morgan fingerprint density at radius 2 is 1.74 bits per heavy atom. The Bertz CT molecular complexity index is 412. The largest absolute Gasteiger partial charge is 0.481 e. The first-order chi connectivity index (χ1) is 8.91. The van der Waals surface area contributed by atoms with E-state index in [2.05, 4.69) is 5.32 Å². The summed E-state index contributed by atoms with van der Waals surface area (Å²) < 4.78 is 0. The number of carbonyl (C=O) groups is 2. The Kier molecular flexibility index (Phi) is 3.70. The molecule has 4 heteroatoms. The number of fused-ring (bicyclic) bond motifs is 2. The molecule has 2 rings (SSSR count). The van der Waals surface area contributed by atoms with Gasteiger partial charge in [-0.1, -0.05) is 26.0 Å². The third-order valence-electron chi connectivity index (χ3n) is 5.03. The van der Waals surface area contributed by atoms with E-state index in [-0.39, 0.29) is 23.3 Å². The quantitative estimate of drug-likeness (QED) is 0.749. The van der Waals surface area contributed by atoms with Crippen molar-refractivity contribution in [2.24, 2.45) is 23.7 Å². The lowest BCUT2D eigenvalue weighted by molar-refractivity contribution is -0.148. The van der Waals surface area contributed by atoms with Gasteiger partial charge in [-0.25, -0.2) is 0 Å². The Balaban J connectivity index is 2.14. The highest BCUT2D eigenvalue weighted by molar-refractivity contribution is 5.87. The Labute approximate surface area is 114 Å². The molecule has 2 unspecified atom stereocenters. The minimum Gasteiger partial charge on any atom is -0.481 e. The molecule has 2 aliphatic carbocycles. The molecular formula is C15H23NO3. The van der Waals surface area contributed by atoms with Gasteiger partial charge in [0.15, 0.2) is 0 Å². The number of carboxylic acids is 1. The SMILES string of the molecule is CCC(C)(CC)NC(=O)[C@H]1C2C=CC(C2)[C@H]1C(=O)O. The molecular weight excluding hydrogens is 242 g/mol. The van der Waals surface area contributed by atoms with E-state index >= 15 is 0 Å². The molecule has 19 heavy (non-hydrogen) atoms. The zero-order valence-electron chi connectivity index (χ0n) is 11.8. The summed E-state index contributed by atoms with van der Waals surface area (Å²) in [5.41, 5.74) is -0.230. The second-order valence-electron chi connectivity index (χ2n) is 6.10. The first-order valence-corrected chi connectivity index (χ1v) is 7.15. The van der Waals surface area contributed by atoms with Crippen molar-refractivity contribution in [1.29, 1.82) is 0 Å². The van der Waals surface area contributed by atoms with Crippen molar-refractivity contribution in [3.05, 3.63) is 12.2 Å². The number of hydrogen-bond acceptors (Lipinski definition) is 2. The molecule has 2 aliphatic rings. The van der Waals surface area contributed by atoms with Crippen LogP contribution in [-0.2, 0) is 9.59 Å². The highest BCUT2D eigenvalue weighted by Gasteiger charge is 2.52. The maximum absolute atomic E-state index is 12.5. The van der Waals surface area contributed by atoms with Crippen LogP contribution < -0.4 is 5.32 Å². The van der Waals surface area contributed by atoms with Crippen LogP contribution in [0.5, 0.6) is 0 Å². The van der Waals surface area contributed by atoms with Crippen LogP contribution in [0.4, 0.5) is 0 Å². The third kappa shape index (κ3) is 2.40. The van der Waals surface area contributed by atoms with E-state index in [1.807, 2.05) is 32.9 Å². The molecule has 4 atom stereocenters. The molecule has 0 spiro atoms. The Morgan fingerprint density at radius 1 is 1.21 bits per heavy atom. The van der Waals surface area contributed by atoms with Crippen molar-refractivity contribution in [3.8, 4) is 0 Å². The molecule has 2 bridgehead atoms. The second-order valence-corrected chi connectivity index (χ2v) is 6.10. The third-order valence-corrected chi connectivity index (χ3v) is 5.03. The van der Waals surface area contributed by atoms with Crippen LogP contribution in [-0.4, -0.2) is 22.5 Å². The lowest BCUT2D eigenvalue weighted by Crippen LogP contribution is -2.50. The van der Waals surface area contributed by atoms with E-state index in [0.29, 0.717) is 0 Å². The van der Waals surface area contributed by atoms with E-state index in [9.17, 15) is 14.7 Å². The molecule has 0 aliphatic heterocycles. The van der Waals surface area contributed by atoms with Crippen molar-refractivity contribution in [1.82, 2.24) is 5.32 Å². The summed E-state index contributed by atoms with van der Waals surface area (Å²) in [6.45, 7) is 6.10. The Hall–Kier alpha value is -1.32. The fourth-order valence-corrected chi connectivity index (χ4v) is 3.32. The molecule has 0 heterocycles. The van der Waals surface area contributed by atoms with Crippen LogP contribution >= 0.6 is 0 Å². The molecule has 0 saturated heterocycles. The van der Waals surface area contributed by atoms with Gasteiger partial charge in [0.05, 0.1) is 11.8 Å². The average molecular weight is 265 g/mol. The summed E-state index contributed by atoms with van der Waals surface area (Å²) >= 11 is 0. The molecule has 0 aromatic heterocycles. The predicted molar refractivity (Wildman–Crippen MR) is 72.5 cm³/mol. The van der Waals surface area contributed by atoms with E-state index < -0.39 is 17.8 Å². The number of carboxylic acid groups (broad SMARTS) is 1. The van der Waals surface area contributed by atoms with Crippen LogP contribution in [0.25, 0.3) is 0 Å². The van der Waals surface area contributed by atoms with Crippen molar-refractivity contribution in [2.75, 3.05) is 0 Å². The Morgan fingerprint density at radius 3 is 2.21 bits per heavy atom. The van der Waals surface area contributed by atoms with Gasteiger partial charge in [0, 0.05) is 5.54 Å². The van der Waals surface area contributed by atoms with Crippen LogP contribution in [0.1, 0.15) is 40.0 Å². The first-order valence-electron chi connectivity index (χ1n) is 7.15. The number of hydrogen-bond donors (Lipinski definition) is 2. The van der Waals surface area contributed by atoms with Gasteiger partial charge in [-0.2, -0.15) is 0 Å². The highest BCUT2D eigenvalue weighted by Crippen LogP contribution is 2.48. The number of nitrogens with one attached hydrogen (secondary N) is 1. The van der Waals surface area contributed by atoms with E-state index in [0.717, 1.165) is 19.3 Å². The summed E-state index contributed by atoms with van der Waals surface area (Å²) in [7, 11) is 0. The summed E-state index contributed by atoms with van der Waals surface area (Å²) in [4.78, 5) is 23.9. The monoisotopic (exact) mass is 265 g/mol. The van der Waals surface area contributed by atoms with Gasteiger partial charge in [0.2, 0.25) is 5.91 Å². The lowest BCUT2D eigenvalue weighted by Gasteiger charge is -2.32. The van der Waals surface area contributed by atoms with Gasteiger partial charge in [0.25, 0.3) is 0 Å². The smallest absolute Gasteiger partial charge is 0.307 e. The summed E-state index contributed by atoms with van der Waals surface area (Å²) in [5.74, 6) is -1.74. The highest BCUT2D eigenvalue weighted by atomic mass is 16.4. The van der Waals surface area contributed by atoms with Crippen molar-refractivity contribution in [2.45, 2.75) is 45.6 Å². The molecule has 1 fully saturated rings. The number of amides is 1. The van der Waals surface area contributed by atoms with Gasteiger partial charge in [-0.3, -0.25) is 9.59 Å². The summed E-state index contributed by atoms with van der Waals surface area (Å²) in [6, 6.07) is 0. The maximum atomic E-state index is 12.5. The second kappa shape index (κ2) is 4.99. The molecule has 1 saturated carbocycles. The van der Waals surface area contributed by atoms with Gasteiger partial charge in [0.1, 0.15) is 0 Å². The van der Waals surface area contributed by atoms with Gasteiger partial charge >= 0.3 is 5.97 Å². The minimum absolute atomic E-state index is 0.0350. The number of carbonyl (C=O) groups excluding carboxylic acids is 1. The summed E-state index contributed by atoms with van der Waals surface area (Å²) in [5, 5.41) is 12.4. The standard InChI is InChI=1S/C15H23NO3/c1-4-15(3,5-2)16-13(17)11-9-6-7-10(8-9)12(11)14(18)19/h6-7,9-12H,4-5,8H2,1-3H3,(H,16,17)(H,18,19)/t9?,10?,11-,12+/m0/s1. The van der Waals surface area contributed by atoms with Crippen molar-refractivity contribution < 1.29 is 14.7 Å². The van der Waals surface area contributed by atoms with E-state index in [1.54, 1.807) is 0 Å². The minimum atomic E-state index is -0.841. The van der Waals surface area contributed by atoms with Crippen LogP contribution in [0.3, 0.4) is 0 Å². The normalized spacial score (nSPS) is 32.6. The number of allylic oxidation sites excluding steroid dienone is 2. The van der Waals surface area contributed by atoms with E-state index in [4.69, 9.17) is 0 Å². The fourth-order valence-electron chi connectivity index (χ4n) is 3.32. The average Bonchev–Trinajstić information content (AvgIpc) is 2.98. The van der Waals surface area contributed by atoms with Gasteiger partial charge < -0.3 is 10.4 Å². The lowest BCUT2D eigenvalue weighted by atomic mass is 9.81. The van der Waals surface area contributed by atoms with Gasteiger partial charge in [-0.05, 0) is 38.0 Å². The molecule has 0 aromatic carbocycles. The van der Waals surface area contributed by atoms with E-state index in [1.165, 1.54) is 0 Å². The number of aliphatic carboxylic acids is 1. The number of rotatable bonds is 5. The molecule has 4 nitrogen and oxygen atoms in total. The zero-order valence-corrected chi connectivity index (χ0v) is 11.8. The van der Waals surface area contributed by atoms with Crippen molar-refractivity contribution in [3.63, 3.8) is 0 Å². The molecule has 0 aromatic rings. The zero-order chi connectivity index (χ0) is 14.2. The van der Waals surface area contributed by atoms with Gasteiger partial charge in [-0.15, -0.1) is 0 Å². The topological polar surface area (TPSA) is 66.4 Å². The first kappa shape index (κ1) is 14.1. The predicted octanol–water partition coefficient (Wildman–Crippen LogP) is 2.20. The fraction of sp³-hybridized carbons (Fsp3) is 0.733. The molecule has 0 radical (unpaired) electrons. The van der Waals surface area contributed by atoms with Crippen LogP contribution in [0.15, 0.2) is 12.2 Å². The van der Waals surface area contributed by atoms with Crippen LogP contribution in [0.2, 0.25) is 0 Å².